The maximum Gasteiger partial charge on any atom is 0.228 e. The van der Waals surface area contributed by atoms with E-state index in [0.717, 1.165) is 53.5 Å². The molecule has 2 aliphatic rings. The van der Waals surface area contributed by atoms with Gasteiger partial charge in [-0.25, -0.2) is 9.97 Å². The lowest BCUT2D eigenvalue weighted by Crippen LogP contribution is -2.39. The minimum atomic E-state index is -0.185. The number of carbonyl (C=O) groups is 1. The Kier molecular flexibility index (Phi) is 7.57. The molecule has 1 aliphatic heterocycles. The van der Waals surface area contributed by atoms with Crippen LogP contribution in [0, 0.1) is 5.92 Å². The highest BCUT2D eigenvalue weighted by Crippen LogP contribution is 2.35. The molecule has 208 valence electrons. The van der Waals surface area contributed by atoms with Gasteiger partial charge in [0.2, 0.25) is 5.91 Å². The van der Waals surface area contributed by atoms with Crippen molar-refractivity contribution >= 4 is 5.91 Å². The molecule has 0 radical (unpaired) electrons. The highest BCUT2D eigenvalue weighted by atomic mass is 16.5. The molecule has 2 aromatic carbocycles. The van der Waals surface area contributed by atoms with Gasteiger partial charge in [-0.2, -0.15) is 0 Å². The summed E-state index contributed by atoms with van der Waals surface area (Å²) in [7, 11) is 1.65. The Bertz CT molecular complexity index is 1430. The van der Waals surface area contributed by atoms with Crippen LogP contribution >= 0.6 is 0 Å². The van der Waals surface area contributed by atoms with E-state index in [4.69, 9.17) is 4.74 Å². The van der Waals surface area contributed by atoms with Crippen molar-refractivity contribution in [3.63, 3.8) is 0 Å². The number of methoxy groups -OCH3 is 1. The summed E-state index contributed by atoms with van der Waals surface area (Å²) in [5.74, 6) is 2.53. The molecule has 1 saturated heterocycles. The van der Waals surface area contributed by atoms with E-state index in [0.29, 0.717) is 5.92 Å². The van der Waals surface area contributed by atoms with Gasteiger partial charge in [-0.15, -0.1) is 0 Å². The fraction of sp³-hybridized carbons (Fsp3) is 0.424. The maximum absolute atomic E-state index is 13.1. The van der Waals surface area contributed by atoms with Crippen molar-refractivity contribution in [3.8, 4) is 33.6 Å². The summed E-state index contributed by atoms with van der Waals surface area (Å²) in [5.41, 5.74) is 6.63. The molecule has 4 aromatic rings. The van der Waals surface area contributed by atoms with Gasteiger partial charge in [0.05, 0.1) is 41.8 Å². The van der Waals surface area contributed by atoms with E-state index in [-0.39, 0.29) is 24.0 Å². The van der Waals surface area contributed by atoms with Crippen LogP contribution in [0.2, 0.25) is 0 Å². The van der Waals surface area contributed by atoms with Crippen molar-refractivity contribution < 1.29 is 9.53 Å². The lowest BCUT2D eigenvalue weighted by atomic mass is 10.0. The zero-order valence-corrected chi connectivity index (χ0v) is 23.7. The van der Waals surface area contributed by atoms with Crippen molar-refractivity contribution in [2.75, 3.05) is 13.7 Å². The van der Waals surface area contributed by atoms with Crippen LogP contribution in [0.25, 0.3) is 33.6 Å². The van der Waals surface area contributed by atoms with Crippen LogP contribution in [0.1, 0.15) is 76.0 Å². The molecule has 1 aliphatic carbocycles. The molecule has 0 unspecified atom stereocenters. The Morgan fingerprint density at radius 3 is 1.90 bits per heavy atom. The third kappa shape index (κ3) is 5.22. The normalized spacial score (nSPS) is 19.3. The average Bonchev–Trinajstić information content (AvgIpc) is 3.82. The molecule has 2 aromatic heterocycles. The molecule has 7 heteroatoms. The van der Waals surface area contributed by atoms with Gasteiger partial charge in [0.1, 0.15) is 11.6 Å². The Balaban J connectivity index is 1.13. The monoisotopic (exact) mass is 537 g/mol. The first-order valence-corrected chi connectivity index (χ1v) is 14.7. The molecule has 0 spiro atoms. The van der Waals surface area contributed by atoms with Crippen molar-refractivity contribution in [1.82, 2.24) is 24.8 Å². The van der Waals surface area contributed by atoms with Crippen LogP contribution in [0.15, 0.2) is 60.9 Å². The van der Waals surface area contributed by atoms with E-state index >= 15 is 0 Å². The number of carbonyl (C=O) groups excluding carboxylic acids is 1. The molecule has 3 heterocycles. The second kappa shape index (κ2) is 11.4. The minimum absolute atomic E-state index is 0.0188. The molecule has 0 bridgehead atoms. The first-order chi connectivity index (χ1) is 19.5. The predicted molar refractivity (Wildman–Crippen MR) is 158 cm³/mol. The molecule has 3 atom stereocenters. The summed E-state index contributed by atoms with van der Waals surface area (Å²) in [6.07, 6.45) is 10.7. The SMILES string of the molecule is CO[C@H](C)[C@H](C)C(=O)N1CCC[C@H]1c1ncc(-c2ccc(-c3ccc(-c4cnc(C5CCCC5)[nH]4)cc3)cc2)[nH]1. The van der Waals surface area contributed by atoms with Gasteiger partial charge < -0.3 is 19.6 Å². The van der Waals surface area contributed by atoms with Gasteiger partial charge in [0.25, 0.3) is 0 Å². The molecule has 2 fully saturated rings. The molecule has 7 nitrogen and oxygen atoms in total. The van der Waals surface area contributed by atoms with Crippen LogP contribution < -0.4 is 0 Å². The number of amides is 1. The topological polar surface area (TPSA) is 86.9 Å². The average molecular weight is 538 g/mol. The third-order valence-corrected chi connectivity index (χ3v) is 8.97. The van der Waals surface area contributed by atoms with E-state index in [1.165, 1.54) is 36.8 Å². The number of hydrogen-bond acceptors (Lipinski definition) is 4. The van der Waals surface area contributed by atoms with E-state index in [9.17, 15) is 4.79 Å². The molecule has 1 amide bonds. The van der Waals surface area contributed by atoms with Crippen LogP contribution in [-0.2, 0) is 9.53 Å². The number of rotatable bonds is 8. The minimum Gasteiger partial charge on any atom is -0.381 e. The quantitative estimate of drug-likeness (QED) is 0.250. The van der Waals surface area contributed by atoms with Crippen molar-refractivity contribution in [2.45, 2.75) is 70.4 Å². The van der Waals surface area contributed by atoms with Gasteiger partial charge in [-0.05, 0) is 54.9 Å². The van der Waals surface area contributed by atoms with Gasteiger partial charge in [-0.3, -0.25) is 4.79 Å². The predicted octanol–water partition coefficient (Wildman–Crippen LogP) is 7.13. The summed E-state index contributed by atoms with van der Waals surface area (Å²) >= 11 is 0. The Hall–Kier alpha value is -3.71. The Labute approximate surface area is 236 Å². The number of likely N-dealkylation sites (tertiary alicyclic amines) is 1. The summed E-state index contributed by atoms with van der Waals surface area (Å²) in [4.78, 5) is 31.5. The largest absolute Gasteiger partial charge is 0.381 e. The molecular weight excluding hydrogens is 498 g/mol. The van der Waals surface area contributed by atoms with E-state index in [1.54, 1.807) is 7.11 Å². The highest BCUT2D eigenvalue weighted by molar-refractivity contribution is 5.80. The fourth-order valence-electron chi connectivity index (χ4n) is 6.21. The standard InChI is InChI=1S/C33H39N5O2/c1-21(22(2)40-3)33(39)38-18-6-9-30(38)32-35-20-29(37-32)26-16-12-24(13-17-26)23-10-14-25(15-11-23)28-19-34-31(36-28)27-7-4-5-8-27/h10-17,19-22,27,30H,4-9,18H2,1-3H3,(H,34,36)(H,35,37)/t21-,22+,30-/m0/s1. The molecule has 1 saturated carbocycles. The number of benzene rings is 2. The number of nitrogens with one attached hydrogen (secondary N) is 2. The van der Waals surface area contributed by atoms with E-state index in [1.807, 2.05) is 31.1 Å². The second-order valence-electron chi connectivity index (χ2n) is 11.4. The number of H-pyrrole nitrogens is 2. The van der Waals surface area contributed by atoms with Crippen LogP contribution in [0.5, 0.6) is 0 Å². The fourth-order valence-corrected chi connectivity index (χ4v) is 6.21. The Morgan fingerprint density at radius 2 is 1.32 bits per heavy atom. The third-order valence-electron chi connectivity index (χ3n) is 8.97. The van der Waals surface area contributed by atoms with Crippen LogP contribution in [0.3, 0.4) is 0 Å². The molecule has 40 heavy (non-hydrogen) atoms. The number of aromatic nitrogens is 4. The first-order valence-electron chi connectivity index (χ1n) is 14.7. The van der Waals surface area contributed by atoms with Gasteiger partial charge in [0.15, 0.2) is 0 Å². The van der Waals surface area contributed by atoms with Crippen molar-refractivity contribution in [3.05, 3.63) is 72.6 Å². The number of nitrogens with zero attached hydrogens (tertiary/aromatic N) is 3. The number of hydrogen-bond donors (Lipinski definition) is 2. The maximum atomic E-state index is 13.1. The smallest absolute Gasteiger partial charge is 0.228 e. The number of imidazole rings is 2. The van der Waals surface area contributed by atoms with Crippen LogP contribution in [-0.4, -0.2) is 50.5 Å². The van der Waals surface area contributed by atoms with E-state index in [2.05, 4.69) is 68.5 Å². The van der Waals surface area contributed by atoms with Crippen LogP contribution in [0.4, 0.5) is 0 Å². The molecule has 2 N–H and O–H groups in total. The summed E-state index contributed by atoms with van der Waals surface area (Å²) in [6.45, 7) is 4.65. The van der Waals surface area contributed by atoms with Gasteiger partial charge >= 0.3 is 0 Å². The number of aromatic amines is 2. The first kappa shape index (κ1) is 26.5. The van der Waals surface area contributed by atoms with Crippen molar-refractivity contribution in [2.24, 2.45) is 5.92 Å². The van der Waals surface area contributed by atoms with E-state index < -0.39 is 0 Å². The lowest BCUT2D eigenvalue weighted by molar-refractivity contribution is -0.140. The van der Waals surface area contributed by atoms with Gasteiger partial charge in [0, 0.05) is 19.6 Å². The zero-order chi connectivity index (χ0) is 27.6. The highest BCUT2D eigenvalue weighted by Gasteiger charge is 2.35. The van der Waals surface area contributed by atoms with Crippen molar-refractivity contribution in [1.29, 1.82) is 0 Å². The lowest BCUT2D eigenvalue weighted by Gasteiger charge is -2.28. The zero-order valence-electron chi connectivity index (χ0n) is 23.7. The summed E-state index contributed by atoms with van der Waals surface area (Å²) in [6, 6.07) is 17.2. The molecule has 6 rings (SSSR count). The second-order valence-corrected chi connectivity index (χ2v) is 11.4. The van der Waals surface area contributed by atoms with Gasteiger partial charge in [-0.1, -0.05) is 68.3 Å². The summed E-state index contributed by atoms with van der Waals surface area (Å²) < 4.78 is 5.41. The Morgan fingerprint density at radius 1 is 0.800 bits per heavy atom. The number of ether oxygens (including phenoxy) is 1. The summed E-state index contributed by atoms with van der Waals surface area (Å²) in [5, 5.41) is 0. The molecular formula is C33H39N5O2.